The molecule has 0 saturated carbocycles. The number of amidine groups is 1. The van der Waals surface area contributed by atoms with Crippen molar-refractivity contribution in [3.8, 4) is 0 Å². The predicted molar refractivity (Wildman–Crippen MR) is 59.8 cm³/mol. The molecule has 0 amide bonds. The standard InChI is InChI=1S/C11H15N3/c1-12-11(10-7-8-13-10)14-9-5-3-2-4-6-9/h2-6,10,13H,7-8H2,1H3,(H,12,14)/t10-/m0/s1. The van der Waals surface area contributed by atoms with E-state index in [1.54, 1.807) is 0 Å². The first kappa shape index (κ1) is 9.21. The lowest BCUT2D eigenvalue weighted by Crippen LogP contribution is -2.50. The fourth-order valence-electron chi connectivity index (χ4n) is 1.49. The molecule has 0 bridgehead atoms. The van der Waals surface area contributed by atoms with Crippen LogP contribution in [0.4, 0.5) is 5.69 Å². The second-order valence-corrected chi connectivity index (χ2v) is 3.40. The van der Waals surface area contributed by atoms with Gasteiger partial charge in [-0.15, -0.1) is 0 Å². The molecule has 0 radical (unpaired) electrons. The molecule has 2 N–H and O–H groups in total. The lowest BCUT2D eigenvalue weighted by molar-refractivity contribution is 0.458. The SMILES string of the molecule is CN=C(Nc1ccccc1)[C@@H]1CCN1. The zero-order chi connectivity index (χ0) is 9.80. The minimum atomic E-state index is 0.417. The van der Waals surface area contributed by atoms with E-state index in [0.717, 1.165) is 18.1 Å². The van der Waals surface area contributed by atoms with Crippen molar-refractivity contribution in [2.24, 2.45) is 4.99 Å². The minimum absolute atomic E-state index is 0.417. The first-order valence-corrected chi connectivity index (χ1v) is 4.92. The molecule has 1 fully saturated rings. The molecule has 0 unspecified atom stereocenters. The van der Waals surface area contributed by atoms with E-state index in [0.29, 0.717) is 6.04 Å². The lowest BCUT2D eigenvalue weighted by Gasteiger charge is -2.29. The fourth-order valence-corrected chi connectivity index (χ4v) is 1.49. The second-order valence-electron chi connectivity index (χ2n) is 3.40. The number of aliphatic imine (C=N–C) groups is 1. The van der Waals surface area contributed by atoms with Gasteiger partial charge in [-0.2, -0.15) is 0 Å². The summed E-state index contributed by atoms with van der Waals surface area (Å²) in [5, 5.41) is 6.64. The van der Waals surface area contributed by atoms with Crippen LogP contribution in [-0.4, -0.2) is 25.5 Å². The Morgan fingerprint density at radius 2 is 2.14 bits per heavy atom. The van der Waals surface area contributed by atoms with Crippen LogP contribution in [0.25, 0.3) is 0 Å². The Bertz CT molecular complexity index is 315. The molecule has 1 heterocycles. The van der Waals surface area contributed by atoms with Crippen molar-refractivity contribution in [3.05, 3.63) is 30.3 Å². The van der Waals surface area contributed by atoms with Gasteiger partial charge < -0.3 is 10.6 Å². The number of hydrogen-bond donors (Lipinski definition) is 2. The summed E-state index contributed by atoms with van der Waals surface area (Å²) in [7, 11) is 1.82. The number of nitrogens with zero attached hydrogens (tertiary/aromatic N) is 1. The maximum Gasteiger partial charge on any atom is 0.118 e. The molecule has 1 atom stereocenters. The molecule has 3 nitrogen and oxygen atoms in total. The maximum atomic E-state index is 4.25. The number of rotatable bonds is 2. The highest BCUT2D eigenvalue weighted by atomic mass is 15.1. The van der Waals surface area contributed by atoms with Crippen molar-refractivity contribution in [2.75, 3.05) is 18.9 Å². The Morgan fingerprint density at radius 1 is 1.43 bits per heavy atom. The molecule has 1 saturated heterocycles. The fraction of sp³-hybridized carbons (Fsp3) is 0.364. The Morgan fingerprint density at radius 3 is 2.64 bits per heavy atom. The summed E-state index contributed by atoms with van der Waals surface area (Å²) in [6, 6.07) is 10.6. The Labute approximate surface area is 84.2 Å². The summed E-state index contributed by atoms with van der Waals surface area (Å²) in [6.45, 7) is 1.10. The van der Waals surface area contributed by atoms with Gasteiger partial charge in [0.15, 0.2) is 0 Å². The highest BCUT2D eigenvalue weighted by molar-refractivity contribution is 5.99. The van der Waals surface area contributed by atoms with Crippen molar-refractivity contribution in [1.29, 1.82) is 0 Å². The van der Waals surface area contributed by atoms with E-state index in [4.69, 9.17) is 0 Å². The Hall–Kier alpha value is -1.35. The Balaban J connectivity index is 2.02. The van der Waals surface area contributed by atoms with Gasteiger partial charge in [0.2, 0.25) is 0 Å². The van der Waals surface area contributed by atoms with Gasteiger partial charge in [-0.05, 0) is 25.1 Å². The lowest BCUT2D eigenvalue weighted by atomic mass is 10.1. The molecule has 74 valence electrons. The van der Waals surface area contributed by atoms with Crippen molar-refractivity contribution >= 4 is 11.5 Å². The molecule has 2 rings (SSSR count). The average molecular weight is 189 g/mol. The summed E-state index contributed by atoms with van der Waals surface area (Å²) < 4.78 is 0. The third kappa shape index (κ3) is 1.93. The van der Waals surface area contributed by atoms with Crippen molar-refractivity contribution in [2.45, 2.75) is 12.5 Å². The molecule has 1 aliphatic rings. The van der Waals surface area contributed by atoms with Gasteiger partial charge >= 0.3 is 0 Å². The number of para-hydroxylation sites is 1. The van der Waals surface area contributed by atoms with Crippen LogP contribution in [-0.2, 0) is 0 Å². The van der Waals surface area contributed by atoms with Gasteiger partial charge in [0.25, 0.3) is 0 Å². The van der Waals surface area contributed by atoms with Crippen LogP contribution in [0.3, 0.4) is 0 Å². The number of anilines is 1. The van der Waals surface area contributed by atoms with Gasteiger partial charge in [-0.1, -0.05) is 18.2 Å². The Kier molecular flexibility index (Phi) is 2.79. The predicted octanol–water partition coefficient (Wildman–Crippen LogP) is 1.49. The molecule has 1 aromatic rings. The topological polar surface area (TPSA) is 36.4 Å². The third-order valence-corrected chi connectivity index (χ3v) is 2.44. The molecule has 0 aliphatic carbocycles. The highest BCUT2D eigenvalue weighted by Gasteiger charge is 2.21. The second kappa shape index (κ2) is 4.24. The van der Waals surface area contributed by atoms with E-state index in [1.165, 1.54) is 6.42 Å². The number of hydrogen-bond acceptors (Lipinski definition) is 2. The smallest absolute Gasteiger partial charge is 0.118 e. The molecular formula is C11H15N3. The van der Waals surface area contributed by atoms with Crippen molar-refractivity contribution in [3.63, 3.8) is 0 Å². The summed E-state index contributed by atoms with van der Waals surface area (Å²) in [5.41, 5.74) is 1.10. The van der Waals surface area contributed by atoms with E-state index < -0.39 is 0 Å². The van der Waals surface area contributed by atoms with E-state index in [9.17, 15) is 0 Å². The summed E-state index contributed by atoms with van der Waals surface area (Å²) in [6.07, 6.45) is 1.17. The number of nitrogens with one attached hydrogen (secondary N) is 2. The van der Waals surface area contributed by atoms with Gasteiger partial charge in [0, 0.05) is 12.7 Å². The molecule has 0 aromatic heterocycles. The van der Waals surface area contributed by atoms with Crippen LogP contribution in [0, 0.1) is 0 Å². The van der Waals surface area contributed by atoms with Crippen LogP contribution < -0.4 is 10.6 Å². The summed E-state index contributed by atoms with van der Waals surface area (Å²) in [5.74, 6) is 1.03. The minimum Gasteiger partial charge on any atom is -0.343 e. The van der Waals surface area contributed by atoms with Crippen LogP contribution in [0.2, 0.25) is 0 Å². The molecule has 14 heavy (non-hydrogen) atoms. The third-order valence-electron chi connectivity index (χ3n) is 2.44. The number of benzene rings is 1. The average Bonchev–Trinajstić information content (AvgIpc) is 2.15. The van der Waals surface area contributed by atoms with Crippen LogP contribution in [0.15, 0.2) is 35.3 Å². The monoisotopic (exact) mass is 189 g/mol. The zero-order valence-corrected chi connectivity index (χ0v) is 8.33. The summed E-state index contributed by atoms with van der Waals surface area (Å²) >= 11 is 0. The highest BCUT2D eigenvalue weighted by Crippen LogP contribution is 2.10. The molecule has 1 aliphatic heterocycles. The van der Waals surface area contributed by atoms with E-state index in [2.05, 4.69) is 15.6 Å². The van der Waals surface area contributed by atoms with Crippen LogP contribution in [0.1, 0.15) is 6.42 Å². The summed E-state index contributed by atoms with van der Waals surface area (Å²) in [4.78, 5) is 4.25. The molecule has 1 aromatic carbocycles. The normalized spacial score (nSPS) is 21.5. The van der Waals surface area contributed by atoms with E-state index >= 15 is 0 Å². The van der Waals surface area contributed by atoms with Crippen molar-refractivity contribution in [1.82, 2.24) is 5.32 Å². The van der Waals surface area contributed by atoms with Crippen LogP contribution in [0.5, 0.6) is 0 Å². The van der Waals surface area contributed by atoms with E-state index in [-0.39, 0.29) is 0 Å². The van der Waals surface area contributed by atoms with Gasteiger partial charge in [0.05, 0.1) is 6.04 Å². The van der Waals surface area contributed by atoms with Crippen molar-refractivity contribution < 1.29 is 0 Å². The molecule has 3 heteroatoms. The van der Waals surface area contributed by atoms with Gasteiger partial charge in [-0.25, -0.2) is 0 Å². The first-order valence-electron chi connectivity index (χ1n) is 4.92. The van der Waals surface area contributed by atoms with Gasteiger partial charge in [0.1, 0.15) is 5.84 Å². The zero-order valence-electron chi connectivity index (χ0n) is 8.33. The molecular weight excluding hydrogens is 174 g/mol. The molecule has 0 spiro atoms. The van der Waals surface area contributed by atoms with Gasteiger partial charge in [-0.3, -0.25) is 4.99 Å². The van der Waals surface area contributed by atoms with E-state index in [1.807, 2.05) is 37.4 Å². The maximum absolute atomic E-state index is 4.25. The van der Waals surface area contributed by atoms with Crippen LogP contribution >= 0.6 is 0 Å². The quantitative estimate of drug-likeness (QED) is 0.546. The largest absolute Gasteiger partial charge is 0.343 e. The first-order chi connectivity index (χ1) is 6.90.